The first kappa shape index (κ1) is 12.4. The fourth-order valence-electron chi connectivity index (χ4n) is 2.46. The maximum absolute atomic E-state index is 10.7. The summed E-state index contributed by atoms with van der Waals surface area (Å²) >= 11 is 0. The van der Waals surface area contributed by atoms with Gasteiger partial charge in [-0.15, -0.1) is 0 Å². The van der Waals surface area contributed by atoms with Crippen LogP contribution in [0.15, 0.2) is 18.2 Å². The largest absolute Gasteiger partial charge is 0.478 e. The lowest BCUT2D eigenvalue weighted by molar-refractivity contribution is -0.131. The third-order valence-electron chi connectivity index (χ3n) is 3.48. The van der Waals surface area contributed by atoms with E-state index >= 15 is 0 Å². The monoisotopic (exact) mass is 243 g/mol. The molecule has 0 unspecified atom stereocenters. The Kier molecular flexibility index (Phi) is 2.99. The summed E-state index contributed by atoms with van der Waals surface area (Å²) in [4.78, 5) is 10.7. The third-order valence-corrected chi connectivity index (χ3v) is 3.48. The molecule has 18 heavy (non-hydrogen) atoms. The highest BCUT2D eigenvalue weighted by atomic mass is 16.4. The van der Waals surface area contributed by atoms with Crippen LogP contribution < -0.4 is 0 Å². The van der Waals surface area contributed by atoms with Crippen molar-refractivity contribution in [3.05, 3.63) is 40.6 Å². The van der Waals surface area contributed by atoms with E-state index in [0.29, 0.717) is 0 Å². The predicted octanol–water partition coefficient (Wildman–Crippen LogP) is 3.20. The number of carboxylic acids is 1. The van der Waals surface area contributed by atoms with E-state index < -0.39 is 5.97 Å². The minimum atomic E-state index is -0.920. The molecule has 0 amide bonds. The van der Waals surface area contributed by atoms with E-state index in [1.165, 1.54) is 22.7 Å². The van der Waals surface area contributed by atoms with Crippen LogP contribution in [0.2, 0.25) is 0 Å². The number of aromatic nitrogens is 1. The molecule has 0 aliphatic heterocycles. The minimum absolute atomic E-state index is 0.920. The summed E-state index contributed by atoms with van der Waals surface area (Å²) in [6.07, 6.45) is 2.88. The highest BCUT2D eigenvalue weighted by Gasteiger charge is 2.13. The van der Waals surface area contributed by atoms with Crippen molar-refractivity contribution in [2.75, 3.05) is 0 Å². The topological polar surface area (TPSA) is 42.2 Å². The van der Waals surface area contributed by atoms with Gasteiger partial charge in [0.1, 0.15) is 0 Å². The van der Waals surface area contributed by atoms with E-state index in [1.807, 2.05) is 14.0 Å². The van der Waals surface area contributed by atoms with Crippen molar-refractivity contribution in [3.63, 3.8) is 0 Å². The Bertz CT molecular complexity index is 663. The summed E-state index contributed by atoms with van der Waals surface area (Å²) in [7, 11) is 2.02. The molecule has 0 saturated heterocycles. The smallest absolute Gasteiger partial charge is 0.328 e. The van der Waals surface area contributed by atoms with Crippen molar-refractivity contribution in [2.45, 2.75) is 20.8 Å². The first-order valence-corrected chi connectivity index (χ1v) is 5.89. The number of rotatable bonds is 2. The Balaban J connectivity index is 2.85. The fourth-order valence-corrected chi connectivity index (χ4v) is 2.46. The van der Waals surface area contributed by atoms with Gasteiger partial charge >= 0.3 is 5.97 Å². The number of carbonyl (C=O) groups is 1. The van der Waals surface area contributed by atoms with Crippen molar-refractivity contribution in [1.82, 2.24) is 4.57 Å². The Labute approximate surface area is 106 Å². The summed E-state index contributed by atoms with van der Waals surface area (Å²) in [5.74, 6) is -0.920. The van der Waals surface area contributed by atoms with Gasteiger partial charge in [0.05, 0.1) is 5.52 Å². The molecule has 2 rings (SSSR count). The summed E-state index contributed by atoms with van der Waals surface area (Å²) in [6, 6.07) is 4.18. The summed E-state index contributed by atoms with van der Waals surface area (Å²) in [5, 5.41) is 9.92. The molecular weight excluding hydrogens is 226 g/mol. The molecule has 1 heterocycles. The lowest BCUT2D eigenvalue weighted by atomic mass is 10.0. The van der Waals surface area contributed by atoms with Gasteiger partial charge in [0.2, 0.25) is 0 Å². The van der Waals surface area contributed by atoms with Gasteiger partial charge in [0, 0.05) is 29.8 Å². The van der Waals surface area contributed by atoms with E-state index in [-0.39, 0.29) is 0 Å². The zero-order valence-corrected chi connectivity index (χ0v) is 11.1. The van der Waals surface area contributed by atoms with Crippen LogP contribution >= 0.6 is 0 Å². The van der Waals surface area contributed by atoms with Crippen LogP contribution in [0.5, 0.6) is 0 Å². The third kappa shape index (κ3) is 1.82. The first-order valence-electron chi connectivity index (χ1n) is 5.89. The van der Waals surface area contributed by atoms with Crippen molar-refractivity contribution in [3.8, 4) is 0 Å². The van der Waals surface area contributed by atoms with Gasteiger partial charge in [-0.3, -0.25) is 0 Å². The molecule has 3 nitrogen and oxygen atoms in total. The normalized spacial score (nSPS) is 11.6. The van der Waals surface area contributed by atoms with Crippen LogP contribution in [0.3, 0.4) is 0 Å². The van der Waals surface area contributed by atoms with Crippen molar-refractivity contribution >= 4 is 22.9 Å². The lowest BCUT2D eigenvalue weighted by Gasteiger charge is -2.03. The molecule has 0 radical (unpaired) electrons. The standard InChI is InChI=1S/C15H17NO2/c1-9-5-6-10(2)15-14(9)12(7-8-13(17)18)11(3)16(15)4/h5-8H,1-4H3,(H,17,18)/b8-7+. The van der Waals surface area contributed by atoms with E-state index in [9.17, 15) is 4.79 Å². The Hall–Kier alpha value is -2.03. The molecule has 3 heteroatoms. The molecule has 0 spiro atoms. The number of aliphatic carboxylic acids is 1. The minimum Gasteiger partial charge on any atom is -0.478 e. The highest BCUT2D eigenvalue weighted by molar-refractivity contribution is 5.98. The number of hydrogen-bond acceptors (Lipinski definition) is 1. The van der Waals surface area contributed by atoms with E-state index in [0.717, 1.165) is 16.6 Å². The van der Waals surface area contributed by atoms with Gasteiger partial charge in [-0.1, -0.05) is 12.1 Å². The Morgan fingerprint density at radius 2 is 1.83 bits per heavy atom. The Morgan fingerprint density at radius 1 is 1.22 bits per heavy atom. The molecule has 0 saturated carbocycles. The van der Waals surface area contributed by atoms with Crippen LogP contribution in [-0.4, -0.2) is 15.6 Å². The second-order valence-electron chi connectivity index (χ2n) is 4.65. The molecule has 94 valence electrons. The van der Waals surface area contributed by atoms with Crippen LogP contribution in [0, 0.1) is 20.8 Å². The van der Waals surface area contributed by atoms with Crippen molar-refractivity contribution in [1.29, 1.82) is 0 Å². The zero-order valence-electron chi connectivity index (χ0n) is 11.1. The number of hydrogen-bond donors (Lipinski definition) is 1. The summed E-state index contributed by atoms with van der Waals surface area (Å²) in [6.45, 7) is 6.14. The molecule has 0 aliphatic carbocycles. The van der Waals surface area contributed by atoms with Gasteiger partial charge in [0.25, 0.3) is 0 Å². The van der Waals surface area contributed by atoms with Crippen LogP contribution in [-0.2, 0) is 11.8 Å². The van der Waals surface area contributed by atoms with Gasteiger partial charge < -0.3 is 9.67 Å². The van der Waals surface area contributed by atoms with Gasteiger partial charge in [0.15, 0.2) is 0 Å². The van der Waals surface area contributed by atoms with Crippen molar-refractivity contribution in [2.24, 2.45) is 7.05 Å². The van der Waals surface area contributed by atoms with Gasteiger partial charge in [-0.25, -0.2) is 4.79 Å². The maximum Gasteiger partial charge on any atom is 0.328 e. The fraction of sp³-hybridized carbons (Fsp3) is 0.267. The lowest BCUT2D eigenvalue weighted by Crippen LogP contribution is -1.92. The summed E-state index contributed by atoms with van der Waals surface area (Å²) in [5.41, 5.74) is 5.63. The van der Waals surface area contributed by atoms with E-state index in [1.54, 1.807) is 6.08 Å². The quantitative estimate of drug-likeness (QED) is 0.823. The molecule has 0 aliphatic rings. The predicted molar refractivity (Wildman–Crippen MR) is 73.8 cm³/mol. The van der Waals surface area contributed by atoms with Crippen LogP contribution in [0.1, 0.15) is 22.4 Å². The zero-order chi connectivity index (χ0) is 13.4. The SMILES string of the molecule is Cc1ccc(C)c2c1c(/C=C/C(=O)O)c(C)n2C. The molecule has 0 fully saturated rings. The molecule has 0 atom stereocenters. The molecule has 2 aromatic rings. The second kappa shape index (κ2) is 4.33. The van der Waals surface area contributed by atoms with Gasteiger partial charge in [-0.2, -0.15) is 0 Å². The number of aryl methyl sites for hydroxylation is 3. The first-order chi connectivity index (χ1) is 8.43. The van der Waals surface area contributed by atoms with Gasteiger partial charge in [-0.05, 0) is 38.0 Å². The maximum atomic E-state index is 10.7. The molecule has 1 N–H and O–H groups in total. The van der Waals surface area contributed by atoms with Crippen molar-refractivity contribution < 1.29 is 9.90 Å². The average molecular weight is 243 g/mol. The Morgan fingerprint density at radius 3 is 2.44 bits per heavy atom. The number of carboxylic acid groups (broad SMARTS) is 1. The van der Waals surface area contributed by atoms with Crippen LogP contribution in [0.4, 0.5) is 0 Å². The number of fused-ring (bicyclic) bond motifs is 1. The molecule has 1 aromatic heterocycles. The molecular formula is C15H17NO2. The summed E-state index contributed by atoms with van der Waals surface area (Å²) < 4.78 is 2.12. The van der Waals surface area contributed by atoms with E-state index in [2.05, 4.69) is 30.5 Å². The molecule has 0 bridgehead atoms. The average Bonchev–Trinajstić information content (AvgIpc) is 2.56. The second-order valence-corrected chi connectivity index (χ2v) is 4.65. The highest BCUT2D eigenvalue weighted by Crippen LogP contribution is 2.31. The van der Waals surface area contributed by atoms with Crippen LogP contribution in [0.25, 0.3) is 17.0 Å². The number of benzene rings is 1. The van der Waals surface area contributed by atoms with E-state index in [4.69, 9.17) is 5.11 Å². The molecule has 1 aromatic carbocycles. The number of nitrogens with zero attached hydrogens (tertiary/aromatic N) is 1.